The first kappa shape index (κ1) is 17.0. The summed E-state index contributed by atoms with van der Waals surface area (Å²) in [4.78, 5) is 25.5. The number of likely N-dealkylation sites (tertiary alicyclic amines) is 1. The Balaban J connectivity index is 1.75. The van der Waals surface area contributed by atoms with Gasteiger partial charge in [0.25, 0.3) is 5.91 Å². The van der Waals surface area contributed by atoms with Crippen LogP contribution in [-0.4, -0.2) is 51.8 Å². The van der Waals surface area contributed by atoms with Gasteiger partial charge in [-0.2, -0.15) is 5.10 Å². The highest BCUT2D eigenvalue weighted by Gasteiger charge is 2.29. The van der Waals surface area contributed by atoms with E-state index in [0.717, 1.165) is 37.0 Å². The van der Waals surface area contributed by atoms with E-state index in [-0.39, 0.29) is 23.3 Å². The average molecular weight is 343 g/mol. The molecule has 1 unspecified atom stereocenters. The Labute approximate surface area is 145 Å². The molecule has 1 saturated heterocycles. The topological polar surface area (TPSA) is 95.5 Å². The zero-order valence-electron chi connectivity index (χ0n) is 14.1. The molecule has 0 aliphatic carbocycles. The van der Waals surface area contributed by atoms with Crippen LogP contribution in [-0.2, 0) is 6.42 Å². The molecule has 1 fully saturated rings. The molecule has 0 saturated carbocycles. The van der Waals surface area contributed by atoms with Gasteiger partial charge in [0, 0.05) is 18.7 Å². The SMILES string of the molecule is COc1ccc(CC2CCCCN2C(=O)c2cc(C(=O)O)[nH]n2)cc1. The fraction of sp³-hybridized carbons (Fsp3) is 0.389. The van der Waals surface area contributed by atoms with Gasteiger partial charge in [-0.3, -0.25) is 9.89 Å². The molecule has 1 atom stereocenters. The number of carbonyl (C=O) groups is 2. The zero-order valence-corrected chi connectivity index (χ0v) is 14.1. The van der Waals surface area contributed by atoms with Crippen molar-refractivity contribution >= 4 is 11.9 Å². The van der Waals surface area contributed by atoms with Crippen LogP contribution in [0.1, 0.15) is 45.8 Å². The van der Waals surface area contributed by atoms with Crippen LogP contribution in [0.5, 0.6) is 5.75 Å². The molecule has 1 aromatic heterocycles. The van der Waals surface area contributed by atoms with Crippen molar-refractivity contribution in [2.75, 3.05) is 13.7 Å². The molecule has 7 heteroatoms. The molecule has 132 valence electrons. The van der Waals surface area contributed by atoms with Crippen LogP contribution < -0.4 is 4.74 Å². The van der Waals surface area contributed by atoms with Crippen molar-refractivity contribution in [2.45, 2.75) is 31.7 Å². The molecule has 25 heavy (non-hydrogen) atoms. The van der Waals surface area contributed by atoms with Crippen LogP contribution >= 0.6 is 0 Å². The van der Waals surface area contributed by atoms with Gasteiger partial charge in [0.05, 0.1) is 7.11 Å². The minimum absolute atomic E-state index is 0.0768. The van der Waals surface area contributed by atoms with Crippen LogP contribution in [0.2, 0.25) is 0 Å². The Morgan fingerprint density at radius 2 is 2.08 bits per heavy atom. The van der Waals surface area contributed by atoms with Crippen molar-refractivity contribution in [1.82, 2.24) is 15.1 Å². The summed E-state index contributed by atoms with van der Waals surface area (Å²) < 4.78 is 5.17. The summed E-state index contributed by atoms with van der Waals surface area (Å²) in [6.07, 6.45) is 3.70. The number of aromatic carboxylic acids is 1. The maximum atomic E-state index is 12.8. The number of carboxylic acids is 1. The standard InChI is InChI=1S/C18H21N3O4/c1-25-14-7-5-12(6-8-14)10-13-4-2-3-9-21(13)17(22)15-11-16(18(23)24)20-19-15/h5-8,11,13H,2-4,9-10H2,1H3,(H,19,20)(H,23,24). The minimum atomic E-state index is -1.13. The predicted molar refractivity (Wildman–Crippen MR) is 90.9 cm³/mol. The number of ether oxygens (including phenoxy) is 1. The monoisotopic (exact) mass is 343 g/mol. The summed E-state index contributed by atoms with van der Waals surface area (Å²) in [5.41, 5.74) is 1.21. The predicted octanol–water partition coefficient (Wildman–Crippen LogP) is 2.35. The molecule has 1 aliphatic rings. The molecule has 0 radical (unpaired) electrons. The summed E-state index contributed by atoms with van der Waals surface area (Å²) in [5.74, 6) is -0.542. The number of piperidine rings is 1. The maximum absolute atomic E-state index is 12.8. The number of hydrogen-bond donors (Lipinski definition) is 2. The van der Waals surface area contributed by atoms with Gasteiger partial charge in [0.2, 0.25) is 0 Å². The Bertz CT molecular complexity index is 754. The molecule has 7 nitrogen and oxygen atoms in total. The smallest absolute Gasteiger partial charge is 0.353 e. The summed E-state index contributed by atoms with van der Waals surface area (Å²) in [6.45, 7) is 0.662. The van der Waals surface area contributed by atoms with Crippen LogP contribution in [0.15, 0.2) is 30.3 Å². The molecule has 2 aromatic rings. The molecule has 0 spiro atoms. The molecule has 2 N–H and O–H groups in total. The molecule has 1 aromatic carbocycles. The highest BCUT2D eigenvalue weighted by molar-refractivity contribution is 5.95. The van der Waals surface area contributed by atoms with Crippen molar-refractivity contribution in [3.05, 3.63) is 47.3 Å². The second-order valence-electron chi connectivity index (χ2n) is 6.17. The van der Waals surface area contributed by atoms with Gasteiger partial charge in [-0.05, 0) is 43.4 Å². The number of amides is 1. The Morgan fingerprint density at radius 1 is 1.32 bits per heavy atom. The maximum Gasteiger partial charge on any atom is 0.353 e. The second-order valence-corrected chi connectivity index (χ2v) is 6.17. The van der Waals surface area contributed by atoms with Crippen molar-refractivity contribution in [1.29, 1.82) is 0 Å². The van der Waals surface area contributed by atoms with E-state index in [1.165, 1.54) is 6.07 Å². The Kier molecular flexibility index (Phi) is 5.02. The first-order valence-corrected chi connectivity index (χ1v) is 8.31. The first-order valence-electron chi connectivity index (χ1n) is 8.31. The number of nitrogens with zero attached hydrogens (tertiary/aromatic N) is 2. The van der Waals surface area contributed by atoms with E-state index < -0.39 is 5.97 Å². The lowest BCUT2D eigenvalue weighted by Gasteiger charge is -2.35. The number of hydrogen-bond acceptors (Lipinski definition) is 4. The van der Waals surface area contributed by atoms with Gasteiger partial charge < -0.3 is 14.7 Å². The van der Waals surface area contributed by atoms with Gasteiger partial charge in [0.1, 0.15) is 11.4 Å². The van der Waals surface area contributed by atoms with Crippen LogP contribution in [0.3, 0.4) is 0 Å². The van der Waals surface area contributed by atoms with Crippen molar-refractivity contribution in [3.63, 3.8) is 0 Å². The van der Waals surface area contributed by atoms with E-state index in [1.54, 1.807) is 7.11 Å². The molecule has 1 amide bonds. The Morgan fingerprint density at radius 3 is 2.72 bits per heavy atom. The molecular weight excluding hydrogens is 322 g/mol. The lowest BCUT2D eigenvalue weighted by atomic mass is 9.95. The third-order valence-corrected chi connectivity index (χ3v) is 4.55. The normalized spacial score (nSPS) is 17.3. The largest absolute Gasteiger partial charge is 0.497 e. The average Bonchev–Trinajstić information content (AvgIpc) is 3.13. The summed E-state index contributed by atoms with van der Waals surface area (Å²) in [6, 6.07) is 9.22. The van der Waals surface area contributed by atoms with Gasteiger partial charge in [-0.15, -0.1) is 0 Å². The first-order chi connectivity index (χ1) is 12.1. The molecule has 2 heterocycles. The summed E-state index contributed by atoms with van der Waals surface area (Å²) in [5, 5.41) is 15.2. The van der Waals surface area contributed by atoms with Crippen molar-refractivity contribution in [2.24, 2.45) is 0 Å². The van der Waals surface area contributed by atoms with E-state index in [9.17, 15) is 9.59 Å². The number of benzene rings is 1. The lowest BCUT2D eigenvalue weighted by molar-refractivity contribution is 0.0607. The van der Waals surface area contributed by atoms with E-state index in [2.05, 4.69) is 10.2 Å². The number of aromatic nitrogens is 2. The molecule has 3 rings (SSSR count). The van der Waals surface area contributed by atoms with Crippen molar-refractivity contribution in [3.8, 4) is 5.75 Å². The van der Waals surface area contributed by atoms with Crippen LogP contribution in [0.25, 0.3) is 0 Å². The van der Waals surface area contributed by atoms with Gasteiger partial charge in [0.15, 0.2) is 5.69 Å². The van der Waals surface area contributed by atoms with Crippen molar-refractivity contribution < 1.29 is 19.4 Å². The molecule has 0 bridgehead atoms. The van der Waals surface area contributed by atoms with Crippen LogP contribution in [0.4, 0.5) is 0 Å². The van der Waals surface area contributed by atoms with Gasteiger partial charge in [-0.1, -0.05) is 12.1 Å². The highest BCUT2D eigenvalue weighted by atomic mass is 16.5. The van der Waals surface area contributed by atoms with Gasteiger partial charge in [-0.25, -0.2) is 4.79 Å². The number of carbonyl (C=O) groups excluding carboxylic acids is 1. The zero-order chi connectivity index (χ0) is 17.8. The molecular formula is C18H21N3O4. The number of nitrogens with one attached hydrogen (secondary N) is 1. The second kappa shape index (κ2) is 7.38. The fourth-order valence-electron chi connectivity index (χ4n) is 3.20. The minimum Gasteiger partial charge on any atom is -0.497 e. The number of rotatable bonds is 5. The third kappa shape index (κ3) is 3.81. The number of aromatic amines is 1. The number of carboxylic acid groups (broad SMARTS) is 1. The highest BCUT2D eigenvalue weighted by Crippen LogP contribution is 2.23. The summed E-state index contributed by atoms with van der Waals surface area (Å²) >= 11 is 0. The Hall–Kier alpha value is -2.83. The van der Waals surface area contributed by atoms with E-state index in [1.807, 2.05) is 29.2 Å². The number of H-pyrrole nitrogens is 1. The van der Waals surface area contributed by atoms with E-state index >= 15 is 0 Å². The van der Waals surface area contributed by atoms with E-state index in [0.29, 0.717) is 6.54 Å². The van der Waals surface area contributed by atoms with Gasteiger partial charge >= 0.3 is 5.97 Å². The fourth-order valence-corrected chi connectivity index (χ4v) is 3.20. The lowest BCUT2D eigenvalue weighted by Crippen LogP contribution is -2.45. The number of methoxy groups -OCH3 is 1. The third-order valence-electron chi connectivity index (χ3n) is 4.55. The summed E-state index contributed by atoms with van der Waals surface area (Å²) in [7, 11) is 1.63. The molecule has 1 aliphatic heterocycles. The van der Waals surface area contributed by atoms with E-state index in [4.69, 9.17) is 9.84 Å². The quantitative estimate of drug-likeness (QED) is 0.869. The van der Waals surface area contributed by atoms with Crippen LogP contribution in [0, 0.1) is 0 Å².